The van der Waals surface area contributed by atoms with Crippen LogP contribution in [0.25, 0.3) is 0 Å². The molecular weight excluding hydrogens is 300 g/mol. The van der Waals surface area contributed by atoms with Crippen molar-refractivity contribution in [2.45, 2.75) is 20.4 Å². The zero-order valence-electron chi connectivity index (χ0n) is 13.1. The number of aromatic nitrogens is 2. The molecule has 0 fully saturated rings. The molecule has 0 saturated carbocycles. The van der Waals surface area contributed by atoms with Crippen molar-refractivity contribution in [3.05, 3.63) is 51.8 Å². The lowest BCUT2D eigenvalue weighted by molar-refractivity contribution is 0.0953. The van der Waals surface area contributed by atoms with E-state index in [2.05, 4.69) is 15.7 Å². The van der Waals surface area contributed by atoms with Gasteiger partial charge < -0.3 is 10.6 Å². The molecule has 2 rings (SSSR count). The van der Waals surface area contributed by atoms with E-state index >= 15 is 0 Å². The fraction of sp³-hybridized carbons (Fsp3) is 0.375. The lowest BCUT2D eigenvalue weighted by Crippen LogP contribution is -2.31. The van der Waals surface area contributed by atoms with Crippen molar-refractivity contribution in [3.8, 4) is 0 Å². The summed E-state index contributed by atoms with van der Waals surface area (Å²) < 4.78 is 1.82. The van der Waals surface area contributed by atoms with Gasteiger partial charge in [0.05, 0.1) is 17.8 Å². The average molecular weight is 321 g/mol. The number of nitrogens with one attached hydrogen (secondary N) is 2. The quantitative estimate of drug-likeness (QED) is 0.802. The third kappa shape index (κ3) is 3.67. The Labute approximate surface area is 135 Å². The molecule has 0 radical (unpaired) electrons. The van der Waals surface area contributed by atoms with Gasteiger partial charge in [-0.3, -0.25) is 9.48 Å². The van der Waals surface area contributed by atoms with Crippen LogP contribution in [-0.4, -0.2) is 35.8 Å². The van der Waals surface area contributed by atoms with E-state index in [9.17, 15) is 4.79 Å². The van der Waals surface area contributed by atoms with Gasteiger partial charge in [-0.1, -0.05) is 29.8 Å². The zero-order valence-corrected chi connectivity index (χ0v) is 13.9. The van der Waals surface area contributed by atoms with Gasteiger partial charge in [0.2, 0.25) is 0 Å². The predicted molar refractivity (Wildman–Crippen MR) is 88.5 cm³/mol. The molecular formula is C16H21ClN4O. The van der Waals surface area contributed by atoms with E-state index in [0.29, 0.717) is 23.7 Å². The Bertz CT molecular complexity index is 666. The van der Waals surface area contributed by atoms with Crippen LogP contribution in [0.2, 0.25) is 5.02 Å². The summed E-state index contributed by atoms with van der Waals surface area (Å²) in [6.07, 6.45) is 0. The van der Waals surface area contributed by atoms with Gasteiger partial charge in [-0.15, -0.1) is 0 Å². The van der Waals surface area contributed by atoms with E-state index in [1.807, 2.05) is 49.8 Å². The first kappa shape index (κ1) is 16.5. The Morgan fingerprint density at radius 3 is 2.68 bits per heavy atom. The summed E-state index contributed by atoms with van der Waals surface area (Å²) in [5.74, 6) is -0.0874. The molecule has 6 heteroatoms. The van der Waals surface area contributed by atoms with Crippen LogP contribution in [0, 0.1) is 13.8 Å². The van der Waals surface area contributed by atoms with Gasteiger partial charge in [0.25, 0.3) is 5.91 Å². The van der Waals surface area contributed by atoms with E-state index in [-0.39, 0.29) is 5.91 Å². The molecule has 5 nitrogen and oxygen atoms in total. The van der Waals surface area contributed by atoms with E-state index < -0.39 is 0 Å². The maximum Gasteiger partial charge on any atom is 0.255 e. The molecule has 0 bridgehead atoms. The Hall–Kier alpha value is -1.85. The van der Waals surface area contributed by atoms with Crippen LogP contribution in [0.15, 0.2) is 24.3 Å². The van der Waals surface area contributed by atoms with Crippen LogP contribution in [0.3, 0.4) is 0 Å². The molecule has 1 aromatic heterocycles. The number of hydrogen-bond donors (Lipinski definition) is 2. The molecule has 0 aliphatic heterocycles. The second kappa shape index (κ2) is 7.42. The largest absolute Gasteiger partial charge is 0.351 e. The molecule has 0 aliphatic rings. The van der Waals surface area contributed by atoms with Crippen molar-refractivity contribution in [2.24, 2.45) is 0 Å². The van der Waals surface area contributed by atoms with Crippen LogP contribution in [-0.2, 0) is 6.54 Å². The number of carbonyl (C=O) groups excluding carboxylic acids is 1. The molecule has 0 atom stereocenters. The number of aryl methyl sites for hydroxylation is 1. The fourth-order valence-corrected chi connectivity index (χ4v) is 2.55. The van der Waals surface area contributed by atoms with E-state index in [1.54, 1.807) is 0 Å². The second-order valence-corrected chi connectivity index (χ2v) is 5.56. The molecule has 1 amide bonds. The summed E-state index contributed by atoms with van der Waals surface area (Å²) in [5.41, 5.74) is 3.20. The highest BCUT2D eigenvalue weighted by Gasteiger charge is 2.18. The van der Waals surface area contributed by atoms with Crippen LogP contribution in [0.4, 0.5) is 0 Å². The molecule has 0 spiro atoms. The monoisotopic (exact) mass is 320 g/mol. The number of halogens is 1. The Kier molecular flexibility index (Phi) is 5.57. The molecule has 1 aromatic carbocycles. The lowest BCUT2D eigenvalue weighted by atomic mass is 10.1. The highest BCUT2D eigenvalue weighted by atomic mass is 35.5. The van der Waals surface area contributed by atoms with Gasteiger partial charge in [-0.05, 0) is 32.5 Å². The number of amides is 1. The Balaban J connectivity index is 2.20. The number of carbonyl (C=O) groups is 1. The van der Waals surface area contributed by atoms with Gasteiger partial charge in [0, 0.05) is 23.8 Å². The number of likely N-dealkylation sites (N-methyl/N-ethyl adjacent to an activating group) is 1. The van der Waals surface area contributed by atoms with Crippen LogP contribution in [0.5, 0.6) is 0 Å². The van der Waals surface area contributed by atoms with Crippen molar-refractivity contribution < 1.29 is 4.79 Å². The standard InChI is InChI=1S/C16H21ClN4O/c1-11-15(16(22)19-9-8-18-3)12(2)21(20-11)10-13-6-4-5-7-14(13)17/h4-7,18H,8-10H2,1-3H3,(H,19,22). The van der Waals surface area contributed by atoms with Crippen LogP contribution >= 0.6 is 11.6 Å². The maximum atomic E-state index is 12.3. The molecule has 2 N–H and O–H groups in total. The van der Waals surface area contributed by atoms with Crippen LogP contribution in [0.1, 0.15) is 27.3 Å². The summed E-state index contributed by atoms with van der Waals surface area (Å²) in [7, 11) is 1.85. The second-order valence-electron chi connectivity index (χ2n) is 5.15. The highest BCUT2D eigenvalue weighted by Crippen LogP contribution is 2.19. The van der Waals surface area contributed by atoms with Gasteiger partial charge >= 0.3 is 0 Å². The third-order valence-corrected chi connectivity index (χ3v) is 3.92. The number of benzene rings is 1. The normalized spacial score (nSPS) is 10.7. The lowest BCUT2D eigenvalue weighted by Gasteiger charge is -2.08. The first-order valence-corrected chi connectivity index (χ1v) is 7.62. The van der Waals surface area contributed by atoms with Crippen molar-refractivity contribution >= 4 is 17.5 Å². The first-order chi connectivity index (χ1) is 10.5. The fourth-order valence-electron chi connectivity index (χ4n) is 2.36. The summed E-state index contributed by atoms with van der Waals surface area (Å²) in [6.45, 7) is 5.63. The summed E-state index contributed by atoms with van der Waals surface area (Å²) in [4.78, 5) is 12.3. The van der Waals surface area contributed by atoms with E-state index in [1.165, 1.54) is 0 Å². The topological polar surface area (TPSA) is 58.9 Å². The minimum atomic E-state index is -0.0874. The molecule has 0 unspecified atom stereocenters. The average Bonchev–Trinajstić information content (AvgIpc) is 2.76. The highest BCUT2D eigenvalue weighted by molar-refractivity contribution is 6.31. The van der Waals surface area contributed by atoms with Crippen molar-refractivity contribution in [1.29, 1.82) is 0 Å². The molecule has 2 aromatic rings. The predicted octanol–water partition coefficient (Wildman–Crippen LogP) is 2.15. The van der Waals surface area contributed by atoms with Gasteiger partial charge in [-0.25, -0.2) is 0 Å². The molecule has 0 saturated heterocycles. The van der Waals surface area contributed by atoms with Crippen LogP contribution < -0.4 is 10.6 Å². The molecule has 1 heterocycles. The maximum absolute atomic E-state index is 12.3. The smallest absolute Gasteiger partial charge is 0.255 e. The number of rotatable bonds is 6. The van der Waals surface area contributed by atoms with E-state index in [0.717, 1.165) is 23.5 Å². The minimum absolute atomic E-state index is 0.0874. The number of nitrogens with zero attached hydrogens (tertiary/aromatic N) is 2. The first-order valence-electron chi connectivity index (χ1n) is 7.24. The Morgan fingerprint density at radius 1 is 1.27 bits per heavy atom. The minimum Gasteiger partial charge on any atom is -0.351 e. The molecule has 0 aliphatic carbocycles. The molecule has 118 valence electrons. The number of hydrogen-bond acceptors (Lipinski definition) is 3. The summed E-state index contributed by atoms with van der Waals surface area (Å²) in [5, 5.41) is 11.1. The van der Waals surface area contributed by atoms with Gasteiger partial charge in [0.1, 0.15) is 0 Å². The summed E-state index contributed by atoms with van der Waals surface area (Å²) >= 11 is 6.19. The van der Waals surface area contributed by atoms with Gasteiger partial charge in [-0.2, -0.15) is 5.10 Å². The van der Waals surface area contributed by atoms with Crippen molar-refractivity contribution in [2.75, 3.05) is 20.1 Å². The zero-order chi connectivity index (χ0) is 16.1. The van der Waals surface area contributed by atoms with Gasteiger partial charge in [0.15, 0.2) is 0 Å². The van der Waals surface area contributed by atoms with Crippen molar-refractivity contribution in [3.63, 3.8) is 0 Å². The SMILES string of the molecule is CNCCNC(=O)c1c(C)nn(Cc2ccccc2Cl)c1C. The molecule has 22 heavy (non-hydrogen) atoms. The van der Waals surface area contributed by atoms with Crippen molar-refractivity contribution in [1.82, 2.24) is 20.4 Å². The third-order valence-electron chi connectivity index (χ3n) is 3.55. The van der Waals surface area contributed by atoms with E-state index in [4.69, 9.17) is 11.6 Å². The summed E-state index contributed by atoms with van der Waals surface area (Å²) in [6, 6.07) is 7.66. The Morgan fingerprint density at radius 2 is 2.00 bits per heavy atom.